The number of nitrogens with one attached hydrogen (secondary N) is 1. The SMILES string of the molecule is Cc1nc2ccccc2c(=O)n1CCNC(=O)OC(C)(C)C. The topological polar surface area (TPSA) is 73.2 Å². The molecule has 1 amide bonds. The van der Waals surface area contributed by atoms with Gasteiger partial charge in [0.05, 0.1) is 10.9 Å². The largest absolute Gasteiger partial charge is 0.444 e. The fourth-order valence-electron chi connectivity index (χ4n) is 2.13. The molecule has 0 spiro atoms. The van der Waals surface area contributed by atoms with Gasteiger partial charge >= 0.3 is 6.09 Å². The van der Waals surface area contributed by atoms with Crippen LogP contribution in [0, 0.1) is 6.92 Å². The summed E-state index contributed by atoms with van der Waals surface area (Å²) in [6.07, 6.45) is -0.494. The van der Waals surface area contributed by atoms with Crippen LogP contribution in [0.5, 0.6) is 0 Å². The van der Waals surface area contributed by atoms with Gasteiger partial charge in [-0.3, -0.25) is 9.36 Å². The molecule has 6 heteroatoms. The number of hydrogen-bond acceptors (Lipinski definition) is 4. The number of alkyl carbamates (subject to hydrolysis) is 1. The third-order valence-corrected chi connectivity index (χ3v) is 3.06. The molecule has 1 heterocycles. The number of rotatable bonds is 3. The standard InChI is InChI=1S/C16H21N3O3/c1-11-18-13-8-6-5-7-12(13)14(20)19(11)10-9-17-15(21)22-16(2,3)4/h5-8H,9-10H2,1-4H3,(H,17,21). The van der Waals surface area contributed by atoms with Crippen LogP contribution in [0.1, 0.15) is 26.6 Å². The Morgan fingerprint density at radius 2 is 2.00 bits per heavy atom. The van der Waals surface area contributed by atoms with E-state index in [0.29, 0.717) is 29.8 Å². The summed E-state index contributed by atoms with van der Waals surface area (Å²) in [6.45, 7) is 7.83. The lowest BCUT2D eigenvalue weighted by molar-refractivity contribution is 0.0526. The molecule has 1 N–H and O–H groups in total. The second-order valence-corrected chi connectivity index (χ2v) is 6.06. The third-order valence-electron chi connectivity index (χ3n) is 3.06. The van der Waals surface area contributed by atoms with Crippen LogP contribution in [0.15, 0.2) is 29.1 Å². The van der Waals surface area contributed by atoms with Crippen LogP contribution in [-0.4, -0.2) is 27.8 Å². The normalized spacial score (nSPS) is 11.5. The number of para-hydroxylation sites is 1. The predicted molar refractivity (Wildman–Crippen MR) is 85.0 cm³/mol. The number of fused-ring (bicyclic) bond motifs is 1. The van der Waals surface area contributed by atoms with E-state index in [1.54, 1.807) is 38.3 Å². The smallest absolute Gasteiger partial charge is 0.407 e. The zero-order valence-electron chi connectivity index (χ0n) is 13.3. The van der Waals surface area contributed by atoms with E-state index in [2.05, 4.69) is 10.3 Å². The van der Waals surface area contributed by atoms with Gasteiger partial charge in [0.25, 0.3) is 5.56 Å². The average Bonchev–Trinajstić information content (AvgIpc) is 2.40. The van der Waals surface area contributed by atoms with E-state index >= 15 is 0 Å². The molecule has 22 heavy (non-hydrogen) atoms. The first-order valence-corrected chi connectivity index (χ1v) is 7.21. The second kappa shape index (κ2) is 6.17. The number of amides is 1. The fourth-order valence-corrected chi connectivity index (χ4v) is 2.13. The van der Waals surface area contributed by atoms with Gasteiger partial charge in [-0.2, -0.15) is 0 Å². The summed E-state index contributed by atoms with van der Waals surface area (Å²) in [4.78, 5) is 28.4. The molecule has 1 aromatic carbocycles. The molecule has 0 aliphatic heterocycles. The molecular formula is C16H21N3O3. The molecule has 0 aliphatic rings. The van der Waals surface area contributed by atoms with Gasteiger partial charge in [0.2, 0.25) is 0 Å². The summed E-state index contributed by atoms with van der Waals surface area (Å²) >= 11 is 0. The molecule has 2 aromatic rings. The van der Waals surface area contributed by atoms with E-state index < -0.39 is 11.7 Å². The summed E-state index contributed by atoms with van der Waals surface area (Å²) in [6, 6.07) is 7.22. The minimum atomic E-state index is -0.540. The van der Waals surface area contributed by atoms with E-state index in [4.69, 9.17) is 4.74 Å². The Balaban J connectivity index is 2.09. The predicted octanol–water partition coefficient (Wildman–Crippen LogP) is 2.23. The Labute approximate surface area is 129 Å². The molecule has 0 radical (unpaired) electrons. The molecule has 0 unspecified atom stereocenters. The Kier molecular flexibility index (Phi) is 4.49. The number of nitrogens with zero attached hydrogens (tertiary/aromatic N) is 2. The molecule has 0 saturated heterocycles. The van der Waals surface area contributed by atoms with E-state index in [1.165, 1.54) is 0 Å². The first kappa shape index (κ1) is 16.0. The molecule has 6 nitrogen and oxygen atoms in total. The molecule has 0 saturated carbocycles. The molecule has 118 valence electrons. The van der Waals surface area contributed by atoms with E-state index in [9.17, 15) is 9.59 Å². The highest BCUT2D eigenvalue weighted by Crippen LogP contribution is 2.08. The van der Waals surface area contributed by atoms with Gasteiger partial charge in [0, 0.05) is 13.1 Å². The van der Waals surface area contributed by atoms with Crippen LogP contribution in [-0.2, 0) is 11.3 Å². The van der Waals surface area contributed by atoms with Crippen molar-refractivity contribution in [2.45, 2.75) is 39.8 Å². The highest BCUT2D eigenvalue weighted by Gasteiger charge is 2.15. The highest BCUT2D eigenvalue weighted by molar-refractivity contribution is 5.77. The average molecular weight is 303 g/mol. The highest BCUT2D eigenvalue weighted by atomic mass is 16.6. The zero-order chi connectivity index (χ0) is 16.3. The van der Waals surface area contributed by atoms with Crippen molar-refractivity contribution in [1.29, 1.82) is 0 Å². The summed E-state index contributed by atoms with van der Waals surface area (Å²) in [5, 5.41) is 3.22. The van der Waals surface area contributed by atoms with Crippen LogP contribution in [0.4, 0.5) is 4.79 Å². The molecule has 1 aromatic heterocycles. The molecule has 0 fully saturated rings. The van der Waals surface area contributed by atoms with Crippen molar-refractivity contribution in [3.8, 4) is 0 Å². The fraction of sp³-hybridized carbons (Fsp3) is 0.438. The monoisotopic (exact) mass is 303 g/mol. The van der Waals surface area contributed by atoms with Crippen LogP contribution >= 0.6 is 0 Å². The Hall–Kier alpha value is -2.37. The van der Waals surface area contributed by atoms with Crippen LogP contribution in [0.25, 0.3) is 10.9 Å². The zero-order valence-corrected chi connectivity index (χ0v) is 13.3. The van der Waals surface area contributed by atoms with Crippen molar-refractivity contribution in [2.24, 2.45) is 0 Å². The maximum absolute atomic E-state index is 12.4. The van der Waals surface area contributed by atoms with Crippen LogP contribution in [0.2, 0.25) is 0 Å². The molecule has 0 bridgehead atoms. The van der Waals surface area contributed by atoms with E-state index in [-0.39, 0.29) is 5.56 Å². The number of aromatic nitrogens is 2. The molecule has 0 atom stereocenters. The van der Waals surface area contributed by atoms with Gasteiger partial charge in [-0.1, -0.05) is 12.1 Å². The van der Waals surface area contributed by atoms with E-state index in [0.717, 1.165) is 0 Å². The van der Waals surface area contributed by atoms with Crippen molar-refractivity contribution in [2.75, 3.05) is 6.54 Å². The minimum Gasteiger partial charge on any atom is -0.444 e. The maximum Gasteiger partial charge on any atom is 0.407 e. The first-order chi connectivity index (χ1) is 10.3. The van der Waals surface area contributed by atoms with Crippen LogP contribution in [0.3, 0.4) is 0 Å². The minimum absolute atomic E-state index is 0.103. The van der Waals surface area contributed by atoms with Gasteiger partial charge < -0.3 is 10.1 Å². The number of benzene rings is 1. The van der Waals surface area contributed by atoms with Gasteiger partial charge in [-0.15, -0.1) is 0 Å². The van der Waals surface area contributed by atoms with Crippen molar-refractivity contribution < 1.29 is 9.53 Å². The third kappa shape index (κ3) is 3.84. The molecule has 0 aliphatic carbocycles. The Morgan fingerprint density at radius 1 is 1.32 bits per heavy atom. The lowest BCUT2D eigenvalue weighted by atomic mass is 10.2. The quantitative estimate of drug-likeness (QED) is 0.943. The summed E-state index contributed by atoms with van der Waals surface area (Å²) in [5.41, 5.74) is 0.0388. The van der Waals surface area contributed by atoms with Crippen molar-refractivity contribution in [3.05, 3.63) is 40.4 Å². The van der Waals surface area contributed by atoms with Gasteiger partial charge in [0.15, 0.2) is 0 Å². The number of ether oxygens (including phenoxy) is 1. The Morgan fingerprint density at radius 3 is 2.68 bits per heavy atom. The van der Waals surface area contributed by atoms with E-state index in [1.807, 2.05) is 18.2 Å². The number of aryl methyl sites for hydroxylation is 1. The van der Waals surface area contributed by atoms with Gasteiger partial charge in [-0.05, 0) is 39.8 Å². The van der Waals surface area contributed by atoms with Crippen molar-refractivity contribution in [1.82, 2.24) is 14.9 Å². The summed E-state index contributed by atoms with van der Waals surface area (Å²) < 4.78 is 6.71. The Bertz CT molecular complexity index is 744. The lowest BCUT2D eigenvalue weighted by Crippen LogP contribution is -2.36. The van der Waals surface area contributed by atoms with Crippen LogP contribution < -0.4 is 10.9 Å². The second-order valence-electron chi connectivity index (χ2n) is 6.06. The molecule has 2 rings (SSSR count). The summed E-state index contributed by atoms with van der Waals surface area (Å²) in [5.74, 6) is 0.620. The van der Waals surface area contributed by atoms with Gasteiger partial charge in [0.1, 0.15) is 11.4 Å². The van der Waals surface area contributed by atoms with Gasteiger partial charge in [-0.25, -0.2) is 9.78 Å². The van der Waals surface area contributed by atoms with Crippen molar-refractivity contribution >= 4 is 17.0 Å². The first-order valence-electron chi connectivity index (χ1n) is 7.21. The lowest BCUT2D eigenvalue weighted by Gasteiger charge is -2.20. The van der Waals surface area contributed by atoms with Crippen molar-refractivity contribution in [3.63, 3.8) is 0 Å². The number of carbonyl (C=O) groups is 1. The summed E-state index contributed by atoms with van der Waals surface area (Å²) in [7, 11) is 0. The number of hydrogen-bond donors (Lipinski definition) is 1. The molecular weight excluding hydrogens is 282 g/mol. The maximum atomic E-state index is 12.4. The number of carbonyl (C=O) groups excluding carboxylic acids is 1.